The molecule has 108 valence electrons. The smallest absolute Gasteiger partial charge is 0.109 e. The number of aryl methyl sites for hydroxylation is 4. The van der Waals surface area contributed by atoms with Crippen LogP contribution >= 0.6 is 11.3 Å². The average molecular weight is 288 g/mol. The van der Waals surface area contributed by atoms with Crippen LogP contribution in [0.1, 0.15) is 52.0 Å². The first-order valence-corrected chi connectivity index (χ1v) is 8.07. The highest BCUT2D eigenvalue weighted by atomic mass is 32.1. The number of benzene rings is 1. The van der Waals surface area contributed by atoms with Crippen LogP contribution in [-0.4, -0.2) is 4.98 Å². The van der Waals surface area contributed by atoms with Crippen molar-refractivity contribution in [3.63, 3.8) is 0 Å². The molecule has 1 aromatic heterocycles. The van der Waals surface area contributed by atoms with Crippen molar-refractivity contribution in [1.29, 1.82) is 0 Å². The zero-order chi connectivity index (χ0) is 14.7. The lowest BCUT2D eigenvalue weighted by Crippen LogP contribution is -2.18. The number of rotatable bonds is 5. The summed E-state index contributed by atoms with van der Waals surface area (Å²) in [5.74, 6) is 0. The molecule has 2 nitrogen and oxygen atoms in total. The third kappa shape index (κ3) is 3.47. The van der Waals surface area contributed by atoms with E-state index in [2.05, 4.69) is 57.1 Å². The summed E-state index contributed by atoms with van der Waals surface area (Å²) < 4.78 is 0. The zero-order valence-electron chi connectivity index (χ0n) is 13.1. The minimum Gasteiger partial charge on any atom is -0.304 e. The monoisotopic (exact) mass is 288 g/mol. The Bertz CT molecular complexity index is 587. The minimum atomic E-state index is 0.307. The molecule has 0 bridgehead atoms. The number of nitrogens with zero attached hydrogens (tertiary/aromatic N) is 1. The second-order valence-electron chi connectivity index (χ2n) is 5.48. The quantitative estimate of drug-likeness (QED) is 0.877. The molecule has 0 saturated carbocycles. The fourth-order valence-electron chi connectivity index (χ4n) is 2.25. The lowest BCUT2D eigenvalue weighted by Gasteiger charge is -2.14. The molecule has 0 radical (unpaired) electrons. The van der Waals surface area contributed by atoms with Gasteiger partial charge < -0.3 is 5.32 Å². The van der Waals surface area contributed by atoms with E-state index in [1.54, 1.807) is 0 Å². The van der Waals surface area contributed by atoms with Crippen LogP contribution in [0.25, 0.3) is 0 Å². The van der Waals surface area contributed by atoms with E-state index in [4.69, 9.17) is 0 Å². The Morgan fingerprint density at radius 3 is 2.50 bits per heavy atom. The predicted octanol–water partition coefficient (Wildman–Crippen LogP) is 4.48. The molecule has 1 aromatic carbocycles. The number of hydrogen-bond donors (Lipinski definition) is 1. The Morgan fingerprint density at radius 2 is 1.85 bits per heavy atom. The molecule has 0 amide bonds. The van der Waals surface area contributed by atoms with Gasteiger partial charge in [-0.1, -0.05) is 19.1 Å². The molecule has 2 aromatic rings. The standard InChI is InChI=1S/C17H24N2S/c1-6-16-10-19-17(20-16)14(5)18-9-15-8-12(3)11(2)7-13(15)4/h7-8,10,14,18H,6,9H2,1-5H3. The maximum atomic E-state index is 4.51. The van der Waals surface area contributed by atoms with Crippen molar-refractivity contribution >= 4 is 11.3 Å². The summed E-state index contributed by atoms with van der Waals surface area (Å²) in [4.78, 5) is 5.87. The van der Waals surface area contributed by atoms with Crippen molar-refractivity contribution in [3.05, 3.63) is 50.5 Å². The third-order valence-corrected chi connectivity index (χ3v) is 5.17. The molecular formula is C17H24N2S. The maximum absolute atomic E-state index is 4.51. The molecule has 3 heteroatoms. The highest BCUT2D eigenvalue weighted by Gasteiger charge is 2.10. The van der Waals surface area contributed by atoms with Crippen LogP contribution in [0, 0.1) is 20.8 Å². The molecule has 0 spiro atoms. The molecule has 0 fully saturated rings. The van der Waals surface area contributed by atoms with E-state index in [0.29, 0.717) is 6.04 Å². The van der Waals surface area contributed by atoms with Crippen LogP contribution < -0.4 is 5.32 Å². The fraction of sp³-hybridized carbons (Fsp3) is 0.471. The number of aromatic nitrogens is 1. The fourth-order valence-corrected chi connectivity index (χ4v) is 3.13. The normalized spacial score (nSPS) is 12.7. The van der Waals surface area contributed by atoms with Gasteiger partial charge in [-0.3, -0.25) is 0 Å². The number of thiazole rings is 1. The SMILES string of the molecule is CCc1cnc(C(C)NCc2cc(C)c(C)cc2C)s1. The van der Waals surface area contributed by atoms with Crippen LogP contribution in [0.3, 0.4) is 0 Å². The molecule has 1 atom stereocenters. The highest BCUT2D eigenvalue weighted by molar-refractivity contribution is 7.11. The molecule has 1 heterocycles. The summed E-state index contributed by atoms with van der Waals surface area (Å²) in [6.07, 6.45) is 3.07. The first kappa shape index (κ1) is 15.2. The Labute approximate surface area is 126 Å². The van der Waals surface area contributed by atoms with Gasteiger partial charge in [0.2, 0.25) is 0 Å². The lowest BCUT2D eigenvalue weighted by atomic mass is 10.0. The van der Waals surface area contributed by atoms with Crippen molar-refractivity contribution in [1.82, 2.24) is 10.3 Å². The van der Waals surface area contributed by atoms with Gasteiger partial charge >= 0.3 is 0 Å². The van der Waals surface area contributed by atoms with Gasteiger partial charge in [-0.15, -0.1) is 11.3 Å². The Kier molecular flexibility index (Phi) is 4.95. The van der Waals surface area contributed by atoms with Crippen LogP contribution in [-0.2, 0) is 13.0 Å². The van der Waals surface area contributed by atoms with Gasteiger partial charge in [0.25, 0.3) is 0 Å². The van der Waals surface area contributed by atoms with E-state index in [9.17, 15) is 0 Å². The molecule has 0 saturated heterocycles. The molecule has 0 aliphatic carbocycles. The zero-order valence-corrected chi connectivity index (χ0v) is 13.9. The van der Waals surface area contributed by atoms with Crippen LogP contribution in [0.2, 0.25) is 0 Å². The summed E-state index contributed by atoms with van der Waals surface area (Å²) in [6, 6.07) is 4.88. The molecule has 20 heavy (non-hydrogen) atoms. The largest absolute Gasteiger partial charge is 0.304 e. The second-order valence-corrected chi connectivity index (χ2v) is 6.63. The first-order valence-electron chi connectivity index (χ1n) is 7.26. The van der Waals surface area contributed by atoms with Gasteiger partial charge in [0.15, 0.2) is 0 Å². The first-order chi connectivity index (χ1) is 9.51. The molecule has 0 aliphatic heterocycles. The van der Waals surface area contributed by atoms with Crippen LogP contribution in [0.5, 0.6) is 0 Å². The van der Waals surface area contributed by atoms with Crippen molar-refractivity contribution in [2.45, 2.75) is 53.6 Å². The summed E-state index contributed by atoms with van der Waals surface area (Å²) in [6.45, 7) is 11.8. The van der Waals surface area contributed by atoms with Gasteiger partial charge in [0, 0.05) is 17.6 Å². The van der Waals surface area contributed by atoms with Gasteiger partial charge in [-0.25, -0.2) is 4.98 Å². The van der Waals surface area contributed by atoms with E-state index < -0.39 is 0 Å². The van der Waals surface area contributed by atoms with Crippen molar-refractivity contribution in [2.75, 3.05) is 0 Å². The Balaban J connectivity index is 2.03. The van der Waals surface area contributed by atoms with Crippen LogP contribution in [0.15, 0.2) is 18.3 Å². The molecule has 2 rings (SSSR count). The van der Waals surface area contributed by atoms with E-state index >= 15 is 0 Å². The summed E-state index contributed by atoms with van der Waals surface area (Å²) >= 11 is 1.81. The predicted molar refractivity (Wildman–Crippen MR) is 87.4 cm³/mol. The van der Waals surface area contributed by atoms with Gasteiger partial charge in [0.1, 0.15) is 5.01 Å². The van der Waals surface area contributed by atoms with Crippen LogP contribution in [0.4, 0.5) is 0 Å². The topological polar surface area (TPSA) is 24.9 Å². The van der Waals surface area contributed by atoms with E-state index in [1.807, 2.05) is 17.5 Å². The number of nitrogens with one attached hydrogen (secondary N) is 1. The maximum Gasteiger partial charge on any atom is 0.109 e. The minimum absolute atomic E-state index is 0.307. The van der Waals surface area contributed by atoms with Gasteiger partial charge in [-0.2, -0.15) is 0 Å². The average Bonchev–Trinajstić information content (AvgIpc) is 2.90. The van der Waals surface area contributed by atoms with Crippen molar-refractivity contribution in [2.24, 2.45) is 0 Å². The lowest BCUT2D eigenvalue weighted by molar-refractivity contribution is 0.570. The van der Waals surface area contributed by atoms with Crippen molar-refractivity contribution in [3.8, 4) is 0 Å². The van der Waals surface area contributed by atoms with E-state index in [-0.39, 0.29) is 0 Å². The molecule has 0 aliphatic rings. The third-order valence-electron chi connectivity index (χ3n) is 3.84. The highest BCUT2D eigenvalue weighted by Crippen LogP contribution is 2.21. The Morgan fingerprint density at radius 1 is 1.15 bits per heavy atom. The van der Waals surface area contributed by atoms with E-state index in [0.717, 1.165) is 13.0 Å². The molecular weight excluding hydrogens is 264 g/mol. The second kappa shape index (κ2) is 6.51. The number of hydrogen-bond acceptors (Lipinski definition) is 3. The summed E-state index contributed by atoms with van der Waals surface area (Å²) in [7, 11) is 0. The Hall–Kier alpha value is -1.19. The molecule has 1 N–H and O–H groups in total. The van der Waals surface area contributed by atoms with Crippen molar-refractivity contribution < 1.29 is 0 Å². The summed E-state index contributed by atoms with van der Waals surface area (Å²) in [5, 5.41) is 4.77. The molecule has 1 unspecified atom stereocenters. The van der Waals surface area contributed by atoms with Gasteiger partial charge in [-0.05, 0) is 56.4 Å². The summed E-state index contributed by atoms with van der Waals surface area (Å²) in [5.41, 5.74) is 5.47. The van der Waals surface area contributed by atoms with Gasteiger partial charge in [0.05, 0.1) is 6.04 Å². The van der Waals surface area contributed by atoms with E-state index in [1.165, 1.54) is 32.1 Å².